The smallest absolute Gasteiger partial charge is 0.340 e. The van der Waals surface area contributed by atoms with Gasteiger partial charge in [0.1, 0.15) is 5.56 Å². The van der Waals surface area contributed by atoms with Crippen LogP contribution < -0.4 is 5.32 Å². The lowest BCUT2D eigenvalue weighted by Gasteiger charge is -2.07. The number of aromatic carboxylic acids is 1. The maximum absolute atomic E-state index is 11.2. The van der Waals surface area contributed by atoms with Gasteiger partial charge in [0.2, 0.25) is 0 Å². The van der Waals surface area contributed by atoms with Crippen LogP contribution in [-0.4, -0.2) is 34.2 Å². The number of hydrogen-bond donors (Lipinski definition) is 4. The molecule has 0 heterocycles. The SMILES string of the molecule is CNC(=O)c1ccc(O)c(O)c1C(=O)O. The van der Waals surface area contributed by atoms with Crippen molar-refractivity contribution in [1.29, 1.82) is 0 Å². The maximum Gasteiger partial charge on any atom is 0.340 e. The number of amides is 1. The summed E-state index contributed by atoms with van der Waals surface area (Å²) in [5, 5.41) is 29.4. The number of carboxylic acid groups (broad SMARTS) is 1. The summed E-state index contributed by atoms with van der Waals surface area (Å²) in [6, 6.07) is 2.17. The number of hydrogen-bond acceptors (Lipinski definition) is 4. The highest BCUT2D eigenvalue weighted by Gasteiger charge is 2.22. The molecule has 1 amide bonds. The number of phenols is 2. The lowest BCUT2D eigenvalue weighted by Crippen LogP contribution is -2.21. The average Bonchev–Trinajstić information content (AvgIpc) is 2.20. The molecule has 4 N–H and O–H groups in total. The number of benzene rings is 1. The van der Waals surface area contributed by atoms with Crippen LogP contribution in [0.2, 0.25) is 0 Å². The molecule has 0 aliphatic heterocycles. The Hall–Kier alpha value is -2.24. The average molecular weight is 211 g/mol. The van der Waals surface area contributed by atoms with Crippen molar-refractivity contribution in [3.63, 3.8) is 0 Å². The van der Waals surface area contributed by atoms with Crippen molar-refractivity contribution in [2.24, 2.45) is 0 Å². The zero-order valence-electron chi connectivity index (χ0n) is 7.81. The summed E-state index contributed by atoms with van der Waals surface area (Å²) in [5.41, 5.74) is -0.824. The fourth-order valence-electron chi connectivity index (χ4n) is 1.12. The van der Waals surface area contributed by atoms with Crippen LogP contribution in [0.15, 0.2) is 12.1 Å². The third kappa shape index (κ3) is 1.83. The largest absolute Gasteiger partial charge is 0.504 e. The second-order valence-electron chi connectivity index (χ2n) is 2.74. The normalized spacial score (nSPS) is 9.67. The van der Waals surface area contributed by atoms with E-state index >= 15 is 0 Å². The predicted molar refractivity (Wildman–Crippen MR) is 50.1 cm³/mol. The Morgan fingerprint density at radius 2 is 1.87 bits per heavy atom. The summed E-state index contributed by atoms with van der Waals surface area (Å²) in [7, 11) is 1.33. The summed E-state index contributed by atoms with van der Waals surface area (Å²) in [6.45, 7) is 0. The molecule has 0 radical (unpaired) electrons. The standard InChI is InChI=1S/C9H9NO5/c1-10-8(13)4-2-3-5(11)7(12)6(4)9(14)15/h2-3,11-12H,1H3,(H,10,13)(H,14,15). The first-order valence-electron chi connectivity index (χ1n) is 3.99. The molecule has 1 aromatic carbocycles. The minimum absolute atomic E-state index is 0.208. The highest BCUT2D eigenvalue weighted by atomic mass is 16.4. The molecule has 1 rings (SSSR count). The van der Waals surface area contributed by atoms with Crippen LogP contribution >= 0.6 is 0 Å². The van der Waals surface area contributed by atoms with Gasteiger partial charge < -0.3 is 20.6 Å². The van der Waals surface area contributed by atoms with Crippen LogP contribution in [0.3, 0.4) is 0 Å². The van der Waals surface area contributed by atoms with Gasteiger partial charge in [0, 0.05) is 7.05 Å². The van der Waals surface area contributed by atoms with Crippen molar-refractivity contribution >= 4 is 11.9 Å². The number of carboxylic acids is 1. The molecule has 6 nitrogen and oxygen atoms in total. The zero-order chi connectivity index (χ0) is 11.6. The molecular weight excluding hydrogens is 202 g/mol. The van der Waals surface area contributed by atoms with E-state index in [4.69, 9.17) is 10.2 Å². The molecule has 6 heteroatoms. The van der Waals surface area contributed by atoms with Gasteiger partial charge in [0.05, 0.1) is 5.56 Å². The van der Waals surface area contributed by atoms with Gasteiger partial charge >= 0.3 is 5.97 Å². The van der Waals surface area contributed by atoms with Crippen molar-refractivity contribution in [3.8, 4) is 11.5 Å². The summed E-state index contributed by atoms with van der Waals surface area (Å²) in [6.07, 6.45) is 0. The molecule has 0 fully saturated rings. The Balaban J connectivity index is 3.46. The highest BCUT2D eigenvalue weighted by molar-refractivity contribution is 6.06. The number of phenolic OH excluding ortho intramolecular Hbond substituents is 1. The monoisotopic (exact) mass is 211 g/mol. The second-order valence-corrected chi connectivity index (χ2v) is 2.74. The molecule has 0 bridgehead atoms. The molecule has 0 unspecified atom stereocenters. The van der Waals surface area contributed by atoms with Crippen LogP contribution in [0, 0.1) is 0 Å². The van der Waals surface area contributed by atoms with Crippen molar-refractivity contribution in [3.05, 3.63) is 23.3 Å². The Morgan fingerprint density at radius 3 is 2.33 bits per heavy atom. The zero-order valence-corrected chi connectivity index (χ0v) is 7.81. The lowest BCUT2D eigenvalue weighted by atomic mass is 10.1. The second kappa shape index (κ2) is 3.87. The van der Waals surface area contributed by atoms with Crippen LogP contribution in [-0.2, 0) is 0 Å². The molecular formula is C9H9NO5. The van der Waals surface area contributed by atoms with Gasteiger partial charge in [-0.15, -0.1) is 0 Å². The summed E-state index contributed by atoms with van der Waals surface area (Å²) in [4.78, 5) is 22.0. The molecule has 0 saturated heterocycles. The van der Waals surface area contributed by atoms with Crippen molar-refractivity contribution in [2.45, 2.75) is 0 Å². The number of rotatable bonds is 2. The summed E-state index contributed by atoms with van der Waals surface area (Å²) in [5.74, 6) is -3.53. The first-order chi connectivity index (χ1) is 6.99. The fourth-order valence-corrected chi connectivity index (χ4v) is 1.12. The van der Waals surface area contributed by atoms with E-state index in [-0.39, 0.29) is 5.56 Å². The summed E-state index contributed by atoms with van der Waals surface area (Å²) >= 11 is 0. The van der Waals surface area contributed by atoms with Crippen molar-refractivity contribution < 1.29 is 24.9 Å². The van der Waals surface area contributed by atoms with Crippen LogP contribution in [0.1, 0.15) is 20.7 Å². The lowest BCUT2D eigenvalue weighted by molar-refractivity contribution is 0.0687. The van der Waals surface area contributed by atoms with Gasteiger partial charge in [0.25, 0.3) is 5.91 Å². The molecule has 80 valence electrons. The van der Waals surface area contributed by atoms with E-state index < -0.39 is 28.9 Å². The van der Waals surface area contributed by atoms with E-state index in [1.54, 1.807) is 0 Å². The molecule has 0 aliphatic carbocycles. The predicted octanol–water partition coefficient (Wildman–Crippen LogP) is 0.156. The molecule has 0 aliphatic rings. The Bertz CT molecular complexity index is 427. The molecule has 0 saturated carbocycles. The van der Waals surface area contributed by atoms with Gasteiger partial charge in [-0.3, -0.25) is 4.79 Å². The number of carbonyl (C=O) groups excluding carboxylic acids is 1. The minimum Gasteiger partial charge on any atom is -0.504 e. The first kappa shape index (κ1) is 10.8. The van der Waals surface area contributed by atoms with Gasteiger partial charge in [-0.2, -0.15) is 0 Å². The van der Waals surface area contributed by atoms with Crippen molar-refractivity contribution in [2.75, 3.05) is 7.05 Å². The first-order valence-corrected chi connectivity index (χ1v) is 3.99. The molecule has 15 heavy (non-hydrogen) atoms. The van der Waals surface area contributed by atoms with Gasteiger partial charge in [-0.1, -0.05) is 0 Å². The van der Waals surface area contributed by atoms with E-state index in [1.807, 2.05) is 0 Å². The van der Waals surface area contributed by atoms with Gasteiger partial charge in [-0.05, 0) is 12.1 Å². The number of aromatic hydroxyl groups is 2. The van der Waals surface area contributed by atoms with Crippen LogP contribution in [0.5, 0.6) is 11.5 Å². The third-order valence-electron chi connectivity index (χ3n) is 1.84. The number of nitrogens with one attached hydrogen (secondary N) is 1. The number of carbonyl (C=O) groups is 2. The topological polar surface area (TPSA) is 107 Å². The van der Waals surface area contributed by atoms with Crippen LogP contribution in [0.4, 0.5) is 0 Å². The van der Waals surface area contributed by atoms with E-state index in [0.29, 0.717) is 0 Å². The van der Waals surface area contributed by atoms with E-state index in [2.05, 4.69) is 5.32 Å². The van der Waals surface area contributed by atoms with E-state index in [9.17, 15) is 14.7 Å². The van der Waals surface area contributed by atoms with Crippen molar-refractivity contribution in [1.82, 2.24) is 5.32 Å². The summed E-state index contributed by atoms with van der Waals surface area (Å²) < 4.78 is 0. The molecule has 0 atom stereocenters. The van der Waals surface area contributed by atoms with Crippen LogP contribution in [0.25, 0.3) is 0 Å². The van der Waals surface area contributed by atoms with Gasteiger partial charge in [-0.25, -0.2) is 4.79 Å². The highest BCUT2D eigenvalue weighted by Crippen LogP contribution is 2.31. The van der Waals surface area contributed by atoms with E-state index in [0.717, 1.165) is 12.1 Å². The quantitative estimate of drug-likeness (QED) is 0.521. The molecule has 0 aromatic heterocycles. The Morgan fingerprint density at radius 1 is 1.27 bits per heavy atom. The Kier molecular flexibility index (Phi) is 2.80. The van der Waals surface area contributed by atoms with Gasteiger partial charge in [0.15, 0.2) is 11.5 Å². The fraction of sp³-hybridized carbons (Fsp3) is 0.111. The Labute approximate surface area is 84.8 Å². The third-order valence-corrected chi connectivity index (χ3v) is 1.84. The minimum atomic E-state index is -1.48. The molecule has 1 aromatic rings. The maximum atomic E-state index is 11.2. The molecule has 0 spiro atoms. The van der Waals surface area contributed by atoms with E-state index in [1.165, 1.54) is 7.05 Å².